The second kappa shape index (κ2) is 6.06. The number of nitrogens with one attached hydrogen (secondary N) is 1. The minimum atomic E-state index is -2.35. The summed E-state index contributed by atoms with van der Waals surface area (Å²) in [6, 6.07) is 12.5. The van der Waals surface area contributed by atoms with Gasteiger partial charge in [0.1, 0.15) is 0 Å². The highest BCUT2D eigenvalue weighted by atomic mass is 79.9. The molecule has 1 aromatic heterocycles. The molecule has 21 heavy (non-hydrogen) atoms. The monoisotopic (exact) mass is 384 g/mol. The number of hydrogen-bond donors (Lipinski definition) is 1. The Bertz CT molecular complexity index is 807. The van der Waals surface area contributed by atoms with Crippen molar-refractivity contribution in [3.63, 3.8) is 0 Å². The van der Waals surface area contributed by atoms with Gasteiger partial charge in [-0.1, -0.05) is 29.8 Å². The van der Waals surface area contributed by atoms with Crippen LogP contribution in [-0.2, 0) is 4.57 Å². The number of fused-ring (bicyclic) bond motifs is 1. The topological polar surface area (TPSA) is 51.3 Å². The minimum absolute atomic E-state index is 0.383. The second-order valence-electron chi connectivity index (χ2n) is 4.16. The van der Waals surface area contributed by atoms with Crippen LogP contribution in [0.15, 0.2) is 53.1 Å². The molecular weight excluding hydrogens is 376 g/mol. The maximum atomic E-state index is 12.0. The maximum absolute atomic E-state index is 12.0. The molecule has 0 fully saturated rings. The zero-order valence-corrected chi connectivity index (χ0v) is 13.8. The van der Waals surface area contributed by atoms with Gasteiger partial charge in [-0.3, -0.25) is 0 Å². The summed E-state index contributed by atoms with van der Waals surface area (Å²) >= 11 is 9.58. The summed E-state index contributed by atoms with van der Waals surface area (Å²) in [7, 11) is -2.35. The molecule has 0 bridgehead atoms. The molecule has 3 aromatic rings. The number of aromatic nitrogens is 1. The van der Waals surface area contributed by atoms with Gasteiger partial charge in [-0.25, -0.2) is 9.05 Å². The number of benzene rings is 2. The van der Waals surface area contributed by atoms with E-state index in [-0.39, 0.29) is 0 Å². The predicted octanol–water partition coefficient (Wildman–Crippen LogP) is 5.70. The molecule has 0 radical (unpaired) electrons. The van der Waals surface area contributed by atoms with Crippen molar-refractivity contribution in [1.29, 1.82) is 0 Å². The van der Waals surface area contributed by atoms with E-state index in [1.54, 1.807) is 30.5 Å². The van der Waals surface area contributed by atoms with Crippen molar-refractivity contribution in [1.82, 2.24) is 4.98 Å². The first-order chi connectivity index (χ1) is 10.1. The molecule has 1 N–H and O–H groups in total. The number of para-hydroxylation sites is 1. The number of halogens is 2. The number of H-pyrrole nitrogens is 1. The van der Waals surface area contributed by atoms with Gasteiger partial charge in [-0.15, -0.1) is 0 Å². The van der Waals surface area contributed by atoms with E-state index in [9.17, 15) is 4.57 Å². The van der Waals surface area contributed by atoms with E-state index >= 15 is 0 Å². The van der Waals surface area contributed by atoms with E-state index < -0.39 is 8.25 Å². The Hall–Kier alpha value is -1.55. The molecule has 0 amide bonds. The van der Waals surface area contributed by atoms with E-state index in [1.165, 1.54) is 0 Å². The summed E-state index contributed by atoms with van der Waals surface area (Å²) in [6.45, 7) is 0. The lowest BCUT2D eigenvalue weighted by Gasteiger charge is -1.98. The normalized spacial score (nSPS) is 11.4. The van der Waals surface area contributed by atoms with Crippen molar-refractivity contribution in [3.8, 4) is 11.5 Å². The summed E-state index contributed by atoms with van der Waals surface area (Å²) in [5.74, 6) is 0.860. The van der Waals surface area contributed by atoms with Gasteiger partial charge >= 0.3 is 8.25 Å². The van der Waals surface area contributed by atoms with E-state index in [0.717, 1.165) is 9.99 Å². The lowest BCUT2D eigenvalue weighted by Crippen LogP contribution is -1.88. The van der Waals surface area contributed by atoms with Crippen molar-refractivity contribution in [2.45, 2.75) is 0 Å². The van der Waals surface area contributed by atoms with E-state index in [4.69, 9.17) is 20.6 Å². The third kappa shape index (κ3) is 3.05. The summed E-state index contributed by atoms with van der Waals surface area (Å²) in [5.41, 5.74) is 0.793. The Morgan fingerprint density at radius 3 is 2.62 bits per heavy atom. The molecule has 1 heterocycles. The standard InChI is InChI=1S/C14H9BrClNO3P/c15-10-6-7-11-13(14(10)16)12(8-17-11)20-21(18)19-9-4-2-1-3-5-9/h1-8,17H/q+1. The molecule has 4 nitrogen and oxygen atoms in total. The van der Waals surface area contributed by atoms with Gasteiger partial charge in [0.25, 0.3) is 0 Å². The van der Waals surface area contributed by atoms with Crippen LogP contribution >= 0.6 is 35.8 Å². The third-order valence-corrected chi connectivity index (χ3v) is 4.78. The fourth-order valence-corrected chi connectivity index (χ4v) is 3.09. The van der Waals surface area contributed by atoms with E-state index in [2.05, 4.69) is 20.9 Å². The molecule has 1 atom stereocenters. The van der Waals surface area contributed by atoms with Crippen LogP contribution in [-0.4, -0.2) is 4.98 Å². The highest BCUT2D eigenvalue weighted by molar-refractivity contribution is 9.10. The molecule has 0 aliphatic rings. The summed E-state index contributed by atoms with van der Waals surface area (Å²) < 4.78 is 23.3. The van der Waals surface area contributed by atoms with Gasteiger partial charge in [0.05, 0.1) is 22.1 Å². The van der Waals surface area contributed by atoms with E-state index in [0.29, 0.717) is 21.9 Å². The zero-order valence-electron chi connectivity index (χ0n) is 10.5. The molecule has 0 spiro atoms. The number of aromatic amines is 1. The van der Waals surface area contributed by atoms with Crippen LogP contribution in [0.3, 0.4) is 0 Å². The highest BCUT2D eigenvalue weighted by Crippen LogP contribution is 2.40. The van der Waals surface area contributed by atoms with Crippen molar-refractivity contribution in [2.75, 3.05) is 0 Å². The molecule has 1 unspecified atom stereocenters. The summed E-state index contributed by atoms with van der Waals surface area (Å²) in [5, 5.41) is 1.15. The Labute approximate surface area is 135 Å². The van der Waals surface area contributed by atoms with Crippen LogP contribution in [0.4, 0.5) is 0 Å². The molecule has 0 saturated heterocycles. The summed E-state index contributed by atoms with van der Waals surface area (Å²) in [4.78, 5) is 3.01. The van der Waals surface area contributed by atoms with Crippen LogP contribution in [0.25, 0.3) is 10.9 Å². The predicted molar refractivity (Wildman–Crippen MR) is 86.3 cm³/mol. The first-order valence-corrected chi connectivity index (χ1v) is 8.25. The molecular formula is C14H9BrClNO3P+. The first kappa shape index (κ1) is 14.4. The van der Waals surface area contributed by atoms with Gasteiger partial charge in [-0.2, -0.15) is 0 Å². The molecule has 106 valence electrons. The molecule has 0 aliphatic heterocycles. The van der Waals surface area contributed by atoms with Crippen LogP contribution in [0.5, 0.6) is 11.5 Å². The van der Waals surface area contributed by atoms with Crippen molar-refractivity contribution < 1.29 is 13.6 Å². The molecule has 7 heteroatoms. The Morgan fingerprint density at radius 1 is 1.10 bits per heavy atom. The lowest BCUT2D eigenvalue weighted by atomic mass is 10.2. The maximum Gasteiger partial charge on any atom is 0.805 e. The van der Waals surface area contributed by atoms with E-state index in [1.807, 2.05) is 18.2 Å². The number of hydrogen-bond acceptors (Lipinski definition) is 3. The number of rotatable bonds is 4. The van der Waals surface area contributed by atoms with Gasteiger partial charge in [-0.05, 0) is 40.2 Å². The van der Waals surface area contributed by atoms with Crippen LogP contribution in [0, 0.1) is 0 Å². The van der Waals surface area contributed by atoms with Crippen LogP contribution < -0.4 is 9.05 Å². The second-order valence-corrected chi connectivity index (χ2v) is 6.20. The van der Waals surface area contributed by atoms with Crippen molar-refractivity contribution in [3.05, 3.63) is 58.2 Å². The highest BCUT2D eigenvalue weighted by Gasteiger charge is 2.27. The zero-order chi connectivity index (χ0) is 14.8. The first-order valence-electron chi connectivity index (χ1n) is 5.98. The Kier molecular flexibility index (Phi) is 4.15. The van der Waals surface area contributed by atoms with Gasteiger partial charge < -0.3 is 4.98 Å². The Balaban J connectivity index is 1.85. The minimum Gasteiger partial charge on any atom is -0.358 e. The molecule has 3 rings (SSSR count). The van der Waals surface area contributed by atoms with Crippen LogP contribution in [0.2, 0.25) is 5.02 Å². The van der Waals surface area contributed by atoms with Gasteiger partial charge in [0, 0.05) is 9.04 Å². The molecule has 2 aromatic carbocycles. The van der Waals surface area contributed by atoms with Crippen molar-refractivity contribution in [2.24, 2.45) is 0 Å². The Morgan fingerprint density at radius 2 is 1.86 bits per heavy atom. The quantitative estimate of drug-likeness (QED) is 0.586. The van der Waals surface area contributed by atoms with Crippen LogP contribution in [0.1, 0.15) is 0 Å². The smallest absolute Gasteiger partial charge is 0.358 e. The fourth-order valence-electron chi connectivity index (χ4n) is 1.87. The SMILES string of the molecule is O=[P+](Oc1ccccc1)Oc1c[nH]c2ccc(Br)c(Cl)c12. The lowest BCUT2D eigenvalue weighted by molar-refractivity contribution is 0.417. The average Bonchev–Trinajstić information content (AvgIpc) is 2.87. The third-order valence-electron chi connectivity index (χ3n) is 2.80. The molecule has 0 saturated carbocycles. The molecule has 0 aliphatic carbocycles. The average molecular weight is 386 g/mol. The van der Waals surface area contributed by atoms with Gasteiger partial charge in [0.2, 0.25) is 5.75 Å². The van der Waals surface area contributed by atoms with Crippen molar-refractivity contribution >= 4 is 46.7 Å². The summed E-state index contributed by atoms with van der Waals surface area (Å²) in [6.07, 6.45) is 1.60. The largest absolute Gasteiger partial charge is 0.805 e. The fraction of sp³-hybridized carbons (Fsp3) is 0. The van der Waals surface area contributed by atoms with Gasteiger partial charge in [0.15, 0.2) is 5.75 Å².